The van der Waals surface area contributed by atoms with Crippen molar-refractivity contribution >= 4 is 38.9 Å². The van der Waals surface area contributed by atoms with Gasteiger partial charge in [-0.1, -0.05) is 29.3 Å². The van der Waals surface area contributed by atoms with E-state index in [1.807, 2.05) is 13.8 Å². The summed E-state index contributed by atoms with van der Waals surface area (Å²) < 4.78 is 24.7. The number of amides is 1. The second-order valence-corrected chi connectivity index (χ2v) is 9.09. The standard InChI is InChI=1S/C16H21Cl2NO3S/c1-11-4-3-5-12(2)19(11)16(20)10-23(21,22)9-13-6-7-14(17)15(18)8-13/h6-8,11-12H,3-5,9-10H2,1-2H3/t11-,12+. The third-order valence-corrected chi connectivity index (χ3v) is 6.39. The van der Waals surface area contributed by atoms with Crippen molar-refractivity contribution in [1.82, 2.24) is 4.90 Å². The highest BCUT2D eigenvalue weighted by Crippen LogP contribution is 2.25. The summed E-state index contributed by atoms with van der Waals surface area (Å²) >= 11 is 11.7. The van der Waals surface area contributed by atoms with E-state index < -0.39 is 15.6 Å². The van der Waals surface area contributed by atoms with Crippen LogP contribution in [0.1, 0.15) is 38.7 Å². The van der Waals surface area contributed by atoms with Crippen LogP contribution >= 0.6 is 23.2 Å². The predicted octanol–water partition coefficient (Wildman–Crippen LogP) is 3.70. The lowest BCUT2D eigenvalue weighted by atomic mass is 9.98. The molecule has 7 heteroatoms. The number of carbonyl (C=O) groups excluding carboxylic acids is 1. The van der Waals surface area contributed by atoms with Gasteiger partial charge < -0.3 is 4.90 Å². The van der Waals surface area contributed by atoms with Crippen LogP contribution in [0.4, 0.5) is 0 Å². The predicted molar refractivity (Wildman–Crippen MR) is 93.6 cm³/mol. The highest BCUT2D eigenvalue weighted by molar-refractivity contribution is 7.91. The normalized spacial score (nSPS) is 22.2. The Morgan fingerprint density at radius 2 is 1.78 bits per heavy atom. The first-order valence-electron chi connectivity index (χ1n) is 7.65. The Kier molecular flexibility index (Phi) is 5.98. The van der Waals surface area contributed by atoms with E-state index in [0.29, 0.717) is 15.6 Å². The third-order valence-electron chi connectivity index (χ3n) is 4.20. The van der Waals surface area contributed by atoms with Gasteiger partial charge in [-0.3, -0.25) is 4.79 Å². The van der Waals surface area contributed by atoms with Gasteiger partial charge in [-0.2, -0.15) is 0 Å². The highest BCUT2D eigenvalue weighted by Gasteiger charge is 2.31. The molecule has 23 heavy (non-hydrogen) atoms. The molecule has 4 nitrogen and oxygen atoms in total. The molecule has 1 heterocycles. The van der Waals surface area contributed by atoms with E-state index in [1.165, 1.54) is 6.07 Å². The van der Waals surface area contributed by atoms with Crippen molar-refractivity contribution < 1.29 is 13.2 Å². The van der Waals surface area contributed by atoms with Gasteiger partial charge in [-0.05, 0) is 50.8 Å². The van der Waals surface area contributed by atoms with Crippen LogP contribution in [-0.2, 0) is 20.4 Å². The first-order chi connectivity index (χ1) is 10.7. The summed E-state index contributed by atoms with van der Waals surface area (Å²) in [6, 6.07) is 4.88. The maximum atomic E-state index is 12.4. The maximum Gasteiger partial charge on any atom is 0.238 e. The Morgan fingerprint density at radius 3 is 2.35 bits per heavy atom. The van der Waals surface area contributed by atoms with Gasteiger partial charge in [-0.25, -0.2) is 8.42 Å². The number of rotatable bonds is 4. The molecule has 0 N–H and O–H groups in total. The van der Waals surface area contributed by atoms with Gasteiger partial charge >= 0.3 is 0 Å². The largest absolute Gasteiger partial charge is 0.336 e. The molecule has 2 rings (SSSR count). The van der Waals surface area contributed by atoms with E-state index in [0.717, 1.165) is 19.3 Å². The van der Waals surface area contributed by atoms with Crippen LogP contribution in [0.2, 0.25) is 10.0 Å². The zero-order valence-electron chi connectivity index (χ0n) is 13.3. The van der Waals surface area contributed by atoms with Gasteiger partial charge in [0.05, 0.1) is 15.8 Å². The number of hydrogen-bond donors (Lipinski definition) is 0. The summed E-state index contributed by atoms with van der Waals surface area (Å²) in [5.74, 6) is -1.00. The number of hydrogen-bond acceptors (Lipinski definition) is 3. The number of nitrogens with zero attached hydrogens (tertiary/aromatic N) is 1. The van der Waals surface area contributed by atoms with Crippen LogP contribution in [0, 0.1) is 0 Å². The van der Waals surface area contributed by atoms with E-state index in [4.69, 9.17) is 23.2 Å². The first kappa shape index (κ1) is 18.6. The molecule has 2 atom stereocenters. The minimum Gasteiger partial charge on any atom is -0.336 e. The molecule has 128 valence electrons. The average Bonchev–Trinajstić information content (AvgIpc) is 2.41. The fourth-order valence-electron chi connectivity index (χ4n) is 3.11. The molecule has 0 bridgehead atoms. The number of piperidine rings is 1. The summed E-state index contributed by atoms with van der Waals surface area (Å²) in [5, 5.41) is 0.684. The lowest BCUT2D eigenvalue weighted by molar-refractivity contribution is -0.134. The van der Waals surface area contributed by atoms with E-state index in [9.17, 15) is 13.2 Å². The van der Waals surface area contributed by atoms with Gasteiger partial charge in [0.1, 0.15) is 5.75 Å². The van der Waals surface area contributed by atoms with E-state index in [-0.39, 0.29) is 23.7 Å². The molecule has 0 radical (unpaired) electrons. The zero-order valence-corrected chi connectivity index (χ0v) is 15.6. The Hall–Kier alpha value is -0.780. The fraction of sp³-hybridized carbons (Fsp3) is 0.562. The summed E-state index contributed by atoms with van der Waals surface area (Å²) in [4.78, 5) is 14.2. The summed E-state index contributed by atoms with van der Waals surface area (Å²) in [6.45, 7) is 3.94. The quantitative estimate of drug-likeness (QED) is 0.803. The van der Waals surface area contributed by atoms with Gasteiger partial charge in [0.2, 0.25) is 5.91 Å². The molecule has 1 amide bonds. The van der Waals surface area contributed by atoms with Crippen molar-refractivity contribution in [2.45, 2.75) is 50.9 Å². The lowest BCUT2D eigenvalue weighted by Gasteiger charge is -2.39. The van der Waals surface area contributed by atoms with E-state index in [2.05, 4.69) is 0 Å². The molecule has 0 spiro atoms. The fourth-order valence-corrected chi connectivity index (χ4v) is 4.75. The number of likely N-dealkylation sites (tertiary alicyclic amines) is 1. The summed E-state index contributed by atoms with van der Waals surface area (Å²) in [6.07, 6.45) is 2.91. The van der Waals surface area contributed by atoms with Crippen LogP contribution in [0.5, 0.6) is 0 Å². The molecule has 0 aliphatic carbocycles. The molecule has 0 saturated carbocycles. The van der Waals surface area contributed by atoms with Crippen molar-refractivity contribution in [3.8, 4) is 0 Å². The maximum absolute atomic E-state index is 12.4. The third kappa shape index (κ3) is 4.85. The average molecular weight is 378 g/mol. The van der Waals surface area contributed by atoms with E-state index >= 15 is 0 Å². The molecule has 0 unspecified atom stereocenters. The summed E-state index contributed by atoms with van der Waals surface area (Å²) in [5.41, 5.74) is 0.534. The number of halogens is 2. The van der Waals surface area contributed by atoms with Crippen molar-refractivity contribution in [3.63, 3.8) is 0 Å². The molecule has 1 aliphatic rings. The summed E-state index contributed by atoms with van der Waals surface area (Å²) in [7, 11) is -3.55. The van der Waals surface area contributed by atoms with Gasteiger partial charge in [-0.15, -0.1) is 0 Å². The van der Waals surface area contributed by atoms with Crippen molar-refractivity contribution in [1.29, 1.82) is 0 Å². The lowest BCUT2D eigenvalue weighted by Crippen LogP contribution is -2.49. The Balaban J connectivity index is 2.08. The van der Waals surface area contributed by atoms with Gasteiger partial charge in [0.15, 0.2) is 9.84 Å². The molecule has 1 fully saturated rings. The zero-order chi connectivity index (χ0) is 17.2. The number of carbonyl (C=O) groups is 1. The van der Waals surface area contributed by atoms with Crippen molar-refractivity contribution in [2.75, 3.05) is 5.75 Å². The second-order valence-electron chi connectivity index (χ2n) is 6.21. The Bertz CT molecular complexity index is 681. The monoisotopic (exact) mass is 377 g/mol. The molecule has 1 aromatic rings. The smallest absolute Gasteiger partial charge is 0.238 e. The van der Waals surface area contributed by atoms with Gasteiger partial charge in [0.25, 0.3) is 0 Å². The van der Waals surface area contributed by atoms with Gasteiger partial charge in [0, 0.05) is 12.1 Å². The van der Waals surface area contributed by atoms with Crippen molar-refractivity contribution in [2.24, 2.45) is 0 Å². The SMILES string of the molecule is C[C@@H]1CCC[C@H](C)N1C(=O)CS(=O)(=O)Cc1ccc(Cl)c(Cl)c1. The van der Waals surface area contributed by atoms with Crippen LogP contribution in [0.25, 0.3) is 0 Å². The van der Waals surface area contributed by atoms with E-state index in [1.54, 1.807) is 17.0 Å². The molecular formula is C16H21Cl2NO3S. The Morgan fingerprint density at radius 1 is 1.17 bits per heavy atom. The Labute approximate surface area is 147 Å². The van der Waals surface area contributed by atoms with Crippen LogP contribution in [0.3, 0.4) is 0 Å². The van der Waals surface area contributed by atoms with Crippen LogP contribution in [0.15, 0.2) is 18.2 Å². The second kappa shape index (κ2) is 7.41. The highest BCUT2D eigenvalue weighted by atomic mass is 35.5. The minimum atomic E-state index is -3.55. The number of benzene rings is 1. The van der Waals surface area contributed by atoms with Crippen molar-refractivity contribution in [3.05, 3.63) is 33.8 Å². The molecule has 1 saturated heterocycles. The molecule has 1 aromatic carbocycles. The first-order valence-corrected chi connectivity index (χ1v) is 10.2. The topological polar surface area (TPSA) is 54.5 Å². The molecular weight excluding hydrogens is 357 g/mol. The van der Waals surface area contributed by atoms with Crippen LogP contribution in [-0.4, -0.2) is 37.1 Å². The molecule has 1 aliphatic heterocycles. The number of sulfone groups is 1. The minimum absolute atomic E-state index is 0.0893. The molecule has 0 aromatic heterocycles. The van der Waals surface area contributed by atoms with Crippen LogP contribution < -0.4 is 0 Å².